The number of unbranched alkanes of at least 4 members (excludes halogenated alkanes) is 10. The smallest absolute Gasteiger partial charge is 0.872 e. The van der Waals surface area contributed by atoms with Crippen LogP contribution in [0.2, 0.25) is 0 Å². The largest absolute Gasteiger partial charge is 2.00 e. The molecule has 0 unspecified atom stereocenters. The molecule has 0 atom stereocenters. The first-order chi connectivity index (χ1) is 24.9. The molecule has 0 saturated heterocycles. The molecule has 4 rings (SSSR count). The van der Waals surface area contributed by atoms with Crippen LogP contribution in [0.3, 0.4) is 0 Å². The van der Waals surface area contributed by atoms with Crippen LogP contribution in [0.15, 0.2) is 94.7 Å². The van der Waals surface area contributed by atoms with Gasteiger partial charge in [0.15, 0.2) is 0 Å². The summed E-state index contributed by atoms with van der Waals surface area (Å²) in [7, 11) is -9.38. The molecule has 0 aromatic heterocycles. The fraction of sp³-hybridized carbons (Fsp3) is 0.400. The van der Waals surface area contributed by atoms with Crippen LogP contribution in [0.4, 0.5) is 0 Å². The predicted molar refractivity (Wildman–Crippen MR) is 205 cm³/mol. The maximum atomic E-state index is 12.2. The Morgan fingerprint density at radius 3 is 1.43 bits per heavy atom. The Bertz CT molecular complexity index is 1750. The minimum atomic E-state index is -4.83. The SMILES string of the molecule is CCCCCCCCc1c(O)ccc(Oc2ccccc2)c1S(=O)(=O)O.CCCCCCCCc1c([O-])ccc(Oc2ccccc2)c1S(=O)(=O)[O-].[Ca+2]. The van der Waals surface area contributed by atoms with E-state index in [0.29, 0.717) is 24.3 Å². The van der Waals surface area contributed by atoms with Gasteiger partial charge in [0.25, 0.3) is 10.1 Å². The molecule has 0 saturated carbocycles. The topological polar surface area (TPSA) is 173 Å². The molecule has 0 aliphatic rings. The third-order valence-electron chi connectivity index (χ3n) is 8.39. The van der Waals surface area contributed by atoms with Gasteiger partial charge in [0.2, 0.25) is 0 Å². The molecule has 10 nitrogen and oxygen atoms in total. The van der Waals surface area contributed by atoms with E-state index < -0.39 is 30.9 Å². The average Bonchev–Trinajstić information content (AvgIpc) is 3.10. The summed E-state index contributed by atoms with van der Waals surface area (Å²) in [6, 6.07) is 22.6. The van der Waals surface area contributed by atoms with Gasteiger partial charge in [-0.1, -0.05) is 121 Å². The van der Waals surface area contributed by atoms with Gasteiger partial charge in [-0.2, -0.15) is 8.42 Å². The summed E-state index contributed by atoms with van der Waals surface area (Å²) in [5.74, 6) is 0.194. The molecular weight excluding hydrogens is 745 g/mol. The van der Waals surface area contributed by atoms with E-state index >= 15 is 0 Å². The van der Waals surface area contributed by atoms with Gasteiger partial charge in [0.1, 0.15) is 43.8 Å². The molecule has 284 valence electrons. The van der Waals surface area contributed by atoms with Gasteiger partial charge in [-0.05, 0) is 73.7 Å². The quantitative estimate of drug-likeness (QED) is 0.0499. The van der Waals surface area contributed by atoms with E-state index in [1.54, 1.807) is 54.6 Å². The fourth-order valence-electron chi connectivity index (χ4n) is 5.78. The van der Waals surface area contributed by atoms with E-state index in [4.69, 9.17) is 9.47 Å². The number of benzene rings is 4. The summed E-state index contributed by atoms with van der Waals surface area (Å²) in [5, 5.41) is 22.4. The molecular formula is C40H50CaO10S2. The minimum absolute atomic E-state index is 0. The Hall–Kier alpha value is -2.84. The number of phenols is 1. The van der Waals surface area contributed by atoms with Gasteiger partial charge in [-0.3, -0.25) is 4.55 Å². The van der Waals surface area contributed by atoms with Crippen LogP contribution in [0.5, 0.6) is 34.5 Å². The van der Waals surface area contributed by atoms with E-state index in [-0.39, 0.29) is 77.4 Å². The van der Waals surface area contributed by atoms with Crippen molar-refractivity contribution in [2.75, 3.05) is 0 Å². The normalized spacial score (nSPS) is 11.2. The van der Waals surface area contributed by atoms with Crippen LogP contribution < -0.4 is 14.6 Å². The third kappa shape index (κ3) is 15.8. The summed E-state index contributed by atoms with van der Waals surface area (Å²) < 4.78 is 80.3. The molecule has 2 N–H and O–H groups in total. The molecule has 0 aliphatic carbocycles. The Labute approximate surface area is 345 Å². The Morgan fingerprint density at radius 2 is 0.981 bits per heavy atom. The summed E-state index contributed by atoms with van der Waals surface area (Å²) in [6.07, 6.45) is 12.8. The number of phenolic OH excluding ortho intramolecular Hbond substituents is 1. The van der Waals surface area contributed by atoms with Crippen LogP contribution >= 0.6 is 0 Å². The first-order valence-corrected chi connectivity index (χ1v) is 20.8. The van der Waals surface area contributed by atoms with Crippen molar-refractivity contribution < 1.29 is 45.6 Å². The molecule has 4 aromatic rings. The van der Waals surface area contributed by atoms with E-state index in [0.717, 1.165) is 64.2 Å². The minimum Gasteiger partial charge on any atom is -0.872 e. The second-order valence-corrected chi connectivity index (χ2v) is 15.2. The van der Waals surface area contributed by atoms with Crippen molar-refractivity contribution in [2.45, 2.75) is 114 Å². The molecule has 0 aliphatic heterocycles. The molecule has 0 amide bonds. The summed E-state index contributed by atoms with van der Waals surface area (Å²) in [4.78, 5) is -0.877. The number of hydrogen-bond acceptors (Lipinski definition) is 9. The predicted octanol–water partition coefficient (Wildman–Crippen LogP) is 9.31. The van der Waals surface area contributed by atoms with Crippen molar-refractivity contribution in [2.24, 2.45) is 0 Å². The zero-order valence-electron chi connectivity index (χ0n) is 30.7. The van der Waals surface area contributed by atoms with Gasteiger partial charge in [-0.25, -0.2) is 8.42 Å². The molecule has 0 radical (unpaired) electrons. The average molecular weight is 795 g/mol. The van der Waals surface area contributed by atoms with E-state index in [1.165, 1.54) is 30.7 Å². The third-order valence-corrected chi connectivity index (χ3v) is 10.3. The maximum Gasteiger partial charge on any atom is 2.00 e. The van der Waals surface area contributed by atoms with E-state index in [2.05, 4.69) is 13.8 Å². The van der Waals surface area contributed by atoms with Gasteiger partial charge >= 0.3 is 37.7 Å². The fourth-order valence-corrected chi connectivity index (χ4v) is 7.52. The zero-order chi connectivity index (χ0) is 38.0. The zero-order valence-corrected chi connectivity index (χ0v) is 34.5. The molecule has 0 fully saturated rings. The van der Waals surface area contributed by atoms with Gasteiger partial charge in [-0.15, -0.1) is 5.75 Å². The Morgan fingerprint density at radius 1 is 0.566 bits per heavy atom. The first-order valence-electron chi connectivity index (χ1n) is 17.9. The number of rotatable bonds is 20. The van der Waals surface area contributed by atoms with Gasteiger partial charge < -0.3 is 24.2 Å². The van der Waals surface area contributed by atoms with Crippen molar-refractivity contribution in [3.8, 4) is 34.5 Å². The molecule has 0 spiro atoms. The number of aromatic hydroxyl groups is 1. The van der Waals surface area contributed by atoms with E-state index in [9.17, 15) is 36.2 Å². The van der Waals surface area contributed by atoms with E-state index in [1.807, 2.05) is 6.07 Å². The van der Waals surface area contributed by atoms with Crippen LogP contribution in [0.1, 0.15) is 102 Å². The first kappa shape index (κ1) is 46.3. The second kappa shape index (κ2) is 23.8. The van der Waals surface area contributed by atoms with Crippen molar-refractivity contribution in [3.63, 3.8) is 0 Å². The molecule has 53 heavy (non-hydrogen) atoms. The van der Waals surface area contributed by atoms with Crippen LogP contribution in [0.25, 0.3) is 0 Å². The molecule has 4 aromatic carbocycles. The van der Waals surface area contributed by atoms with Crippen molar-refractivity contribution in [1.29, 1.82) is 0 Å². The summed E-state index contributed by atoms with van der Waals surface area (Å²) >= 11 is 0. The van der Waals surface area contributed by atoms with Gasteiger partial charge in [0.05, 0.1) is 4.90 Å². The van der Waals surface area contributed by atoms with Crippen LogP contribution in [0, 0.1) is 0 Å². The van der Waals surface area contributed by atoms with Crippen molar-refractivity contribution in [3.05, 3.63) is 96.1 Å². The monoisotopic (exact) mass is 794 g/mol. The van der Waals surface area contributed by atoms with Crippen molar-refractivity contribution in [1.82, 2.24) is 0 Å². The number of hydrogen-bond donors (Lipinski definition) is 2. The van der Waals surface area contributed by atoms with Crippen molar-refractivity contribution >= 4 is 58.0 Å². The molecule has 13 heteroatoms. The Kier molecular flexibility index (Phi) is 20.8. The van der Waals surface area contributed by atoms with Crippen LogP contribution in [-0.4, -0.2) is 68.8 Å². The van der Waals surface area contributed by atoms with Gasteiger partial charge in [0, 0.05) is 5.56 Å². The maximum absolute atomic E-state index is 12.2. The second-order valence-electron chi connectivity index (χ2n) is 12.6. The number of ether oxygens (including phenoxy) is 2. The summed E-state index contributed by atoms with van der Waals surface area (Å²) in [5.41, 5.74) is 0.236. The standard InChI is InChI=1S/2C20H26O5S.Ca/c2*1-2-3-4-5-6-10-13-17-18(21)14-15-19(20(17)26(22,23)24)25-16-11-8-7-9-12-16;/h2*7-9,11-12,14-15,21H,2-6,10,13H2,1H3,(H,22,23,24);/q;;+2/p-2. The number of para-hydroxylation sites is 2. The summed E-state index contributed by atoms with van der Waals surface area (Å²) in [6.45, 7) is 4.28. The molecule has 0 bridgehead atoms. The molecule has 0 heterocycles. The van der Waals surface area contributed by atoms with Crippen LogP contribution in [-0.2, 0) is 33.1 Å². The Balaban J connectivity index is 0.000000360.